The molecule has 2 aromatic heterocycles. The van der Waals surface area contributed by atoms with Crippen LogP contribution in [-0.2, 0) is 0 Å². The molecule has 0 saturated heterocycles. The van der Waals surface area contributed by atoms with Gasteiger partial charge in [-0.15, -0.1) is 0 Å². The molecule has 2 heterocycles. The molecule has 112 valence electrons. The average molecular weight is 313 g/mol. The van der Waals surface area contributed by atoms with Crippen molar-refractivity contribution in [1.82, 2.24) is 14.4 Å². The van der Waals surface area contributed by atoms with Gasteiger partial charge in [0.05, 0.1) is 0 Å². The number of nitrogens with zero attached hydrogens (tertiary/aromatic N) is 3. The lowest BCUT2D eigenvalue weighted by atomic mass is 10.1. The van der Waals surface area contributed by atoms with Gasteiger partial charge in [-0.3, -0.25) is 4.40 Å². The van der Waals surface area contributed by atoms with E-state index in [-0.39, 0.29) is 0 Å². The van der Waals surface area contributed by atoms with Crippen molar-refractivity contribution >= 4 is 23.2 Å². The van der Waals surface area contributed by atoms with E-state index < -0.39 is 0 Å². The lowest BCUT2D eigenvalue weighted by Gasteiger charge is -2.14. The van der Waals surface area contributed by atoms with Crippen LogP contribution < -0.4 is 5.32 Å². The first-order chi connectivity index (χ1) is 10.8. The Labute approximate surface area is 134 Å². The van der Waals surface area contributed by atoms with Crippen LogP contribution in [0.5, 0.6) is 0 Å². The molecule has 0 atom stereocenters. The third-order valence-corrected chi connectivity index (χ3v) is 4.47. The molecular weight excluding hydrogens is 296 g/mol. The number of nitrogens with one attached hydrogen (secondary N) is 1. The summed E-state index contributed by atoms with van der Waals surface area (Å²) >= 11 is 6.00. The topological polar surface area (TPSA) is 42.2 Å². The van der Waals surface area contributed by atoms with Crippen molar-refractivity contribution in [3.63, 3.8) is 0 Å². The normalized spacial score (nSPS) is 15.5. The van der Waals surface area contributed by atoms with Crippen molar-refractivity contribution in [2.75, 3.05) is 5.32 Å². The molecule has 0 amide bonds. The fraction of sp³-hybridized carbons (Fsp3) is 0.294. The maximum Gasteiger partial charge on any atom is 0.235 e. The third kappa shape index (κ3) is 2.44. The number of aromatic nitrogens is 3. The second-order valence-electron chi connectivity index (χ2n) is 5.73. The highest BCUT2D eigenvalue weighted by Crippen LogP contribution is 2.31. The van der Waals surface area contributed by atoms with E-state index in [2.05, 4.69) is 10.3 Å². The number of halogens is 1. The minimum atomic E-state index is 0.520. The highest BCUT2D eigenvalue weighted by molar-refractivity contribution is 6.30. The van der Waals surface area contributed by atoms with E-state index in [1.165, 1.54) is 25.7 Å². The highest BCUT2D eigenvalue weighted by Gasteiger charge is 2.20. The first kappa shape index (κ1) is 13.6. The van der Waals surface area contributed by atoms with E-state index in [0.29, 0.717) is 11.8 Å². The summed E-state index contributed by atoms with van der Waals surface area (Å²) < 4.78 is 2.03. The van der Waals surface area contributed by atoms with Crippen LogP contribution in [0.3, 0.4) is 0 Å². The van der Waals surface area contributed by atoms with Crippen molar-refractivity contribution in [3.05, 3.63) is 47.7 Å². The predicted octanol–water partition coefficient (Wildman–Crippen LogP) is 4.40. The average Bonchev–Trinajstić information content (AvgIpc) is 3.17. The molecule has 1 saturated carbocycles. The number of benzene rings is 1. The number of anilines is 1. The van der Waals surface area contributed by atoms with Gasteiger partial charge < -0.3 is 5.32 Å². The summed E-state index contributed by atoms with van der Waals surface area (Å²) in [6.07, 6.45) is 8.80. The Morgan fingerprint density at radius 3 is 2.68 bits per heavy atom. The third-order valence-electron chi connectivity index (χ3n) is 4.22. The minimum Gasteiger partial charge on any atom is -0.367 e. The number of hydrogen-bond donors (Lipinski definition) is 1. The maximum atomic E-state index is 6.00. The van der Waals surface area contributed by atoms with Gasteiger partial charge >= 0.3 is 0 Å². The maximum absolute atomic E-state index is 6.00. The van der Waals surface area contributed by atoms with Crippen LogP contribution in [0.2, 0.25) is 5.02 Å². The summed E-state index contributed by atoms with van der Waals surface area (Å²) in [5.74, 6) is 1.74. The molecule has 5 heteroatoms. The minimum absolute atomic E-state index is 0.520. The molecule has 0 unspecified atom stereocenters. The standard InChI is InChI=1S/C17H17ClN4/c18-13-8-6-12(7-9-13)15-16(20-14-4-1-2-5-14)22-11-3-10-19-17(22)21-15/h3,6-11,14,20H,1-2,4-5H2. The molecule has 22 heavy (non-hydrogen) atoms. The van der Waals surface area contributed by atoms with Gasteiger partial charge in [-0.05, 0) is 31.0 Å². The van der Waals surface area contributed by atoms with Gasteiger partial charge in [0.15, 0.2) is 0 Å². The Balaban J connectivity index is 1.83. The molecule has 0 bridgehead atoms. The van der Waals surface area contributed by atoms with E-state index in [1.54, 1.807) is 6.20 Å². The first-order valence-corrected chi connectivity index (χ1v) is 8.04. The SMILES string of the molecule is Clc1ccc(-c2nc3ncccn3c2NC2CCCC2)cc1. The number of rotatable bonds is 3. The van der Waals surface area contributed by atoms with Crippen molar-refractivity contribution in [1.29, 1.82) is 0 Å². The fourth-order valence-electron chi connectivity index (χ4n) is 3.10. The molecule has 1 aliphatic carbocycles. The second kappa shape index (κ2) is 5.61. The molecule has 0 spiro atoms. The molecule has 1 aromatic carbocycles. The first-order valence-electron chi connectivity index (χ1n) is 7.67. The molecule has 3 aromatic rings. The van der Waals surface area contributed by atoms with Crippen LogP contribution in [0.15, 0.2) is 42.7 Å². The van der Waals surface area contributed by atoms with Crippen LogP contribution in [0.25, 0.3) is 17.0 Å². The Kier molecular flexibility index (Phi) is 3.47. The Bertz CT molecular complexity index is 788. The van der Waals surface area contributed by atoms with E-state index >= 15 is 0 Å². The van der Waals surface area contributed by atoms with Crippen molar-refractivity contribution < 1.29 is 0 Å². The fourth-order valence-corrected chi connectivity index (χ4v) is 3.22. The zero-order valence-electron chi connectivity index (χ0n) is 12.2. The zero-order chi connectivity index (χ0) is 14.9. The van der Waals surface area contributed by atoms with Gasteiger partial charge in [0.25, 0.3) is 0 Å². The lowest BCUT2D eigenvalue weighted by molar-refractivity contribution is 0.749. The molecule has 0 aliphatic heterocycles. The summed E-state index contributed by atoms with van der Waals surface area (Å²) in [5, 5.41) is 4.41. The van der Waals surface area contributed by atoms with Crippen LogP contribution in [0.1, 0.15) is 25.7 Å². The highest BCUT2D eigenvalue weighted by atomic mass is 35.5. The second-order valence-corrected chi connectivity index (χ2v) is 6.17. The molecule has 1 N–H and O–H groups in total. The predicted molar refractivity (Wildman–Crippen MR) is 89.3 cm³/mol. The van der Waals surface area contributed by atoms with E-state index in [1.807, 2.05) is 40.9 Å². The smallest absolute Gasteiger partial charge is 0.235 e. The molecule has 0 radical (unpaired) electrons. The van der Waals surface area contributed by atoms with Crippen molar-refractivity contribution in [3.8, 4) is 11.3 Å². The van der Waals surface area contributed by atoms with Crippen molar-refractivity contribution in [2.24, 2.45) is 0 Å². The lowest BCUT2D eigenvalue weighted by Crippen LogP contribution is -2.16. The van der Waals surface area contributed by atoms with Crippen LogP contribution in [0, 0.1) is 0 Å². The summed E-state index contributed by atoms with van der Waals surface area (Å²) in [5.41, 5.74) is 1.98. The van der Waals surface area contributed by atoms with Gasteiger partial charge in [-0.2, -0.15) is 0 Å². The van der Waals surface area contributed by atoms with Gasteiger partial charge in [0, 0.05) is 29.0 Å². The van der Waals surface area contributed by atoms with E-state index in [9.17, 15) is 0 Å². The van der Waals surface area contributed by atoms with Gasteiger partial charge in [-0.1, -0.05) is 36.6 Å². The molecular formula is C17H17ClN4. The number of fused-ring (bicyclic) bond motifs is 1. The molecule has 4 rings (SSSR count). The van der Waals surface area contributed by atoms with Gasteiger partial charge in [0.2, 0.25) is 5.78 Å². The van der Waals surface area contributed by atoms with E-state index in [0.717, 1.165) is 22.1 Å². The quantitative estimate of drug-likeness (QED) is 0.779. The van der Waals surface area contributed by atoms with Crippen LogP contribution in [0.4, 0.5) is 5.82 Å². The summed E-state index contributed by atoms with van der Waals surface area (Å²) in [6.45, 7) is 0. The zero-order valence-corrected chi connectivity index (χ0v) is 12.9. The monoisotopic (exact) mass is 312 g/mol. The van der Waals surface area contributed by atoms with E-state index in [4.69, 9.17) is 16.6 Å². The van der Waals surface area contributed by atoms with Gasteiger partial charge in [0.1, 0.15) is 11.5 Å². The van der Waals surface area contributed by atoms with Gasteiger partial charge in [-0.25, -0.2) is 9.97 Å². The summed E-state index contributed by atoms with van der Waals surface area (Å²) in [6, 6.07) is 10.3. The van der Waals surface area contributed by atoms with Crippen molar-refractivity contribution in [2.45, 2.75) is 31.7 Å². The largest absolute Gasteiger partial charge is 0.367 e. The number of imidazole rings is 1. The molecule has 4 nitrogen and oxygen atoms in total. The Morgan fingerprint density at radius 1 is 1.14 bits per heavy atom. The van der Waals surface area contributed by atoms with Crippen LogP contribution in [-0.4, -0.2) is 20.4 Å². The summed E-state index contributed by atoms with van der Waals surface area (Å²) in [4.78, 5) is 9.07. The molecule has 1 fully saturated rings. The summed E-state index contributed by atoms with van der Waals surface area (Å²) in [7, 11) is 0. The number of hydrogen-bond acceptors (Lipinski definition) is 3. The molecule has 1 aliphatic rings. The van der Waals surface area contributed by atoms with Crippen LogP contribution >= 0.6 is 11.6 Å². The Hall–Kier alpha value is -2.07. The Morgan fingerprint density at radius 2 is 1.91 bits per heavy atom.